The molecule has 0 heterocycles. The first kappa shape index (κ1) is 25.3. The largest absolute Gasteiger partial charge is 0.463 e. The van der Waals surface area contributed by atoms with Crippen LogP contribution in [0.3, 0.4) is 0 Å². The average Bonchev–Trinajstić information content (AvgIpc) is 2.73. The van der Waals surface area contributed by atoms with Crippen LogP contribution in [-0.4, -0.2) is 69.7 Å². The van der Waals surface area contributed by atoms with Crippen molar-refractivity contribution in [2.24, 2.45) is 0 Å². The molecular formula is C21H30N2O7. The quantitative estimate of drug-likeness (QED) is 0.310. The molecule has 2 amide bonds. The molecule has 0 spiro atoms. The smallest absolute Gasteiger partial charge is 0.306 e. The summed E-state index contributed by atoms with van der Waals surface area (Å²) in [4.78, 5) is 47.4. The summed E-state index contributed by atoms with van der Waals surface area (Å²) in [6.45, 7) is 2.33. The fourth-order valence-corrected chi connectivity index (χ4v) is 2.47. The first-order valence-electron chi connectivity index (χ1n) is 9.75. The molecule has 1 atom stereocenters. The van der Waals surface area contributed by atoms with Crippen LogP contribution in [0, 0.1) is 0 Å². The van der Waals surface area contributed by atoms with Gasteiger partial charge in [-0.2, -0.15) is 0 Å². The molecule has 0 saturated carbocycles. The highest BCUT2D eigenvalue weighted by atomic mass is 16.6. The van der Waals surface area contributed by atoms with Gasteiger partial charge in [0.1, 0.15) is 12.6 Å². The molecule has 0 bridgehead atoms. The molecule has 0 aliphatic heterocycles. The van der Waals surface area contributed by atoms with Gasteiger partial charge in [0, 0.05) is 26.9 Å². The summed E-state index contributed by atoms with van der Waals surface area (Å²) < 4.78 is 14.9. The van der Waals surface area contributed by atoms with Crippen molar-refractivity contribution in [3.63, 3.8) is 0 Å². The van der Waals surface area contributed by atoms with Gasteiger partial charge >= 0.3 is 5.97 Å². The van der Waals surface area contributed by atoms with Crippen molar-refractivity contribution in [2.45, 2.75) is 32.2 Å². The van der Waals surface area contributed by atoms with Crippen molar-refractivity contribution in [1.82, 2.24) is 10.6 Å². The zero-order chi connectivity index (χ0) is 22.2. The highest BCUT2D eigenvalue weighted by Crippen LogP contribution is 2.04. The monoisotopic (exact) mass is 422 g/mol. The van der Waals surface area contributed by atoms with Gasteiger partial charge < -0.3 is 24.8 Å². The van der Waals surface area contributed by atoms with Crippen LogP contribution in [0.2, 0.25) is 0 Å². The number of carbonyl (C=O) groups excluding carboxylic acids is 4. The summed E-state index contributed by atoms with van der Waals surface area (Å²) in [5.41, 5.74) is 0.881. The number of methoxy groups -OCH3 is 1. The molecule has 9 heteroatoms. The van der Waals surface area contributed by atoms with Gasteiger partial charge in [0.05, 0.1) is 32.8 Å². The topological polar surface area (TPSA) is 120 Å². The van der Waals surface area contributed by atoms with Gasteiger partial charge in [-0.05, 0) is 5.56 Å². The number of hydrogen-bond donors (Lipinski definition) is 2. The molecule has 0 radical (unpaired) electrons. The summed E-state index contributed by atoms with van der Waals surface area (Å²) in [7, 11) is 1.56. The van der Waals surface area contributed by atoms with Gasteiger partial charge in [-0.1, -0.05) is 30.3 Å². The molecule has 1 aromatic rings. The van der Waals surface area contributed by atoms with Crippen LogP contribution in [0.4, 0.5) is 0 Å². The third-order valence-corrected chi connectivity index (χ3v) is 3.97. The van der Waals surface area contributed by atoms with Crippen LogP contribution in [0.25, 0.3) is 0 Å². The molecule has 1 aromatic carbocycles. The zero-order valence-electron chi connectivity index (χ0n) is 17.5. The summed E-state index contributed by atoms with van der Waals surface area (Å²) in [6, 6.07) is 8.44. The van der Waals surface area contributed by atoms with E-state index in [0.717, 1.165) is 5.56 Å². The van der Waals surface area contributed by atoms with E-state index in [0.29, 0.717) is 19.6 Å². The highest BCUT2D eigenvalue weighted by molar-refractivity contribution is 5.91. The Morgan fingerprint density at radius 1 is 0.967 bits per heavy atom. The minimum atomic E-state index is -0.791. The SMILES string of the molecule is COCCOCCOC(=O)CCC(=O)CNC(=O)[C@H](Cc1ccccc1)NC(C)=O. The molecule has 0 aliphatic carbocycles. The molecule has 1 rings (SSSR count). The van der Waals surface area contributed by atoms with E-state index in [4.69, 9.17) is 14.2 Å². The van der Waals surface area contributed by atoms with Crippen molar-refractivity contribution < 1.29 is 33.4 Å². The van der Waals surface area contributed by atoms with Gasteiger partial charge in [0.2, 0.25) is 11.8 Å². The molecule has 0 saturated heterocycles. The van der Waals surface area contributed by atoms with Crippen LogP contribution < -0.4 is 10.6 Å². The van der Waals surface area contributed by atoms with Crippen LogP contribution >= 0.6 is 0 Å². The Kier molecular flexibility index (Phi) is 12.7. The minimum Gasteiger partial charge on any atom is -0.463 e. The second kappa shape index (κ2) is 15.1. The second-order valence-corrected chi connectivity index (χ2v) is 6.52. The Hall–Kier alpha value is -2.78. The number of amides is 2. The lowest BCUT2D eigenvalue weighted by atomic mass is 10.1. The lowest BCUT2D eigenvalue weighted by Crippen LogP contribution is -2.48. The number of benzene rings is 1. The number of nitrogens with one attached hydrogen (secondary N) is 2. The third kappa shape index (κ3) is 11.9. The Bertz CT molecular complexity index is 679. The van der Waals surface area contributed by atoms with Gasteiger partial charge in [0.15, 0.2) is 5.78 Å². The van der Waals surface area contributed by atoms with Gasteiger partial charge in [-0.15, -0.1) is 0 Å². The lowest BCUT2D eigenvalue weighted by molar-refractivity contribution is -0.146. The van der Waals surface area contributed by atoms with Crippen LogP contribution in [0.15, 0.2) is 30.3 Å². The molecule has 0 fully saturated rings. The lowest BCUT2D eigenvalue weighted by Gasteiger charge is -2.17. The maximum absolute atomic E-state index is 12.4. The summed E-state index contributed by atoms with van der Waals surface area (Å²) >= 11 is 0. The Labute approximate surface area is 176 Å². The number of rotatable bonds is 15. The van der Waals surface area contributed by atoms with Gasteiger partial charge in [-0.3, -0.25) is 19.2 Å². The number of hydrogen-bond acceptors (Lipinski definition) is 7. The fourth-order valence-electron chi connectivity index (χ4n) is 2.47. The van der Waals surface area contributed by atoms with E-state index < -0.39 is 17.9 Å². The molecule has 0 aliphatic rings. The number of carbonyl (C=O) groups is 4. The molecule has 30 heavy (non-hydrogen) atoms. The highest BCUT2D eigenvalue weighted by Gasteiger charge is 2.20. The Balaban J connectivity index is 2.30. The van der Waals surface area contributed by atoms with Crippen LogP contribution in [-0.2, 0) is 39.8 Å². The predicted octanol–water partition coefficient (Wildman–Crippen LogP) is 0.406. The van der Waals surface area contributed by atoms with Crippen molar-refractivity contribution in [1.29, 1.82) is 0 Å². The van der Waals surface area contributed by atoms with Crippen LogP contribution in [0.5, 0.6) is 0 Å². The standard InChI is InChI=1S/C21H30N2O7/c1-16(24)23-19(14-17-6-4-3-5-7-17)21(27)22-15-18(25)8-9-20(26)30-13-12-29-11-10-28-2/h3-7,19H,8-15H2,1-2H3,(H,22,27)(H,23,24)/t19-/m0/s1. The molecule has 166 valence electrons. The van der Waals surface area contributed by atoms with E-state index in [1.54, 1.807) is 7.11 Å². The minimum absolute atomic E-state index is 0.0485. The zero-order valence-corrected chi connectivity index (χ0v) is 17.5. The van der Waals surface area contributed by atoms with Crippen molar-refractivity contribution in [2.75, 3.05) is 40.1 Å². The maximum Gasteiger partial charge on any atom is 0.306 e. The molecule has 0 unspecified atom stereocenters. The van der Waals surface area contributed by atoms with Gasteiger partial charge in [-0.25, -0.2) is 0 Å². The first-order chi connectivity index (χ1) is 14.4. The number of Topliss-reactive ketones (excluding diaryl/α,β-unsaturated/α-hetero) is 1. The van der Waals surface area contributed by atoms with Crippen molar-refractivity contribution >= 4 is 23.6 Å². The summed E-state index contributed by atoms with van der Waals surface area (Å²) in [5.74, 6) is -1.62. The third-order valence-electron chi connectivity index (χ3n) is 3.97. The summed E-state index contributed by atoms with van der Waals surface area (Å²) in [5, 5.41) is 5.10. The van der Waals surface area contributed by atoms with Crippen molar-refractivity contribution in [3.05, 3.63) is 35.9 Å². The first-order valence-corrected chi connectivity index (χ1v) is 9.75. The van der Waals surface area contributed by atoms with E-state index in [9.17, 15) is 19.2 Å². The van der Waals surface area contributed by atoms with E-state index >= 15 is 0 Å². The van der Waals surface area contributed by atoms with Gasteiger partial charge in [0.25, 0.3) is 0 Å². The number of ketones is 1. The Morgan fingerprint density at radius 3 is 2.33 bits per heavy atom. The van der Waals surface area contributed by atoms with E-state index in [1.165, 1.54) is 6.92 Å². The van der Waals surface area contributed by atoms with Crippen LogP contribution in [0.1, 0.15) is 25.3 Å². The predicted molar refractivity (Wildman–Crippen MR) is 109 cm³/mol. The molecule has 2 N–H and O–H groups in total. The van der Waals surface area contributed by atoms with E-state index in [-0.39, 0.29) is 44.3 Å². The second-order valence-electron chi connectivity index (χ2n) is 6.52. The van der Waals surface area contributed by atoms with E-state index in [1.807, 2.05) is 30.3 Å². The number of ether oxygens (including phenoxy) is 3. The molecule has 0 aromatic heterocycles. The normalized spacial score (nSPS) is 11.4. The fraction of sp³-hybridized carbons (Fsp3) is 0.524. The Morgan fingerprint density at radius 2 is 1.67 bits per heavy atom. The maximum atomic E-state index is 12.4. The average molecular weight is 422 g/mol. The van der Waals surface area contributed by atoms with Crippen molar-refractivity contribution in [3.8, 4) is 0 Å². The molecule has 9 nitrogen and oxygen atoms in total. The van der Waals surface area contributed by atoms with E-state index in [2.05, 4.69) is 10.6 Å². The number of esters is 1. The summed E-state index contributed by atoms with van der Waals surface area (Å²) in [6.07, 6.45) is 0.179. The molecular weight excluding hydrogens is 392 g/mol.